The molecule has 3 N–H and O–H groups in total. The molecule has 0 aliphatic rings. The van der Waals surface area contributed by atoms with Crippen molar-refractivity contribution in [3.8, 4) is 28.6 Å². The lowest BCUT2D eigenvalue weighted by atomic mass is 10.2. The molecular weight excluding hydrogens is 396 g/mol. The third kappa shape index (κ3) is 6.11. The molecule has 1 unspecified atom stereocenters. The van der Waals surface area contributed by atoms with Gasteiger partial charge in [-0.1, -0.05) is 12.1 Å². The molecule has 0 fully saturated rings. The number of nitrogens with zero attached hydrogens (tertiary/aromatic N) is 3. The summed E-state index contributed by atoms with van der Waals surface area (Å²) in [6.07, 6.45) is -0.0956. The standard InChI is InChI=1S/C22H28N6O3/c1-15(31-19-8-6-5-7-18(19)30-4)13-24-22(23-2)25-14-20-26-21(28-27-20)16-9-11-17(29-3)12-10-16/h5-12,15H,13-14H2,1-4H3,(H2,23,24,25)(H,26,27,28). The number of guanidine groups is 1. The van der Waals surface area contributed by atoms with Crippen LogP contribution in [0.5, 0.6) is 17.2 Å². The van der Waals surface area contributed by atoms with Crippen LogP contribution in [0.1, 0.15) is 12.7 Å². The summed E-state index contributed by atoms with van der Waals surface area (Å²) in [4.78, 5) is 8.76. The van der Waals surface area contributed by atoms with Crippen molar-refractivity contribution in [2.24, 2.45) is 4.99 Å². The molecule has 164 valence electrons. The molecule has 9 heteroatoms. The zero-order chi connectivity index (χ0) is 22.1. The van der Waals surface area contributed by atoms with E-state index in [2.05, 4.69) is 30.8 Å². The normalized spacial score (nSPS) is 12.2. The molecule has 0 aliphatic carbocycles. The second-order valence-corrected chi connectivity index (χ2v) is 6.72. The highest BCUT2D eigenvalue weighted by atomic mass is 16.5. The first-order chi connectivity index (χ1) is 15.1. The molecule has 0 saturated carbocycles. The third-order valence-electron chi connectivity index (χ3n) is 4.48. The van der Waals surface area contributed by atoms with Gasteiger partial charge in [-0.2, -0.15) is 5.10 Å². The Morgan fingerprint density at radius 2 is 1.77 bits per heavy atom. The zero-order valence-electron chi connectivity index (χ0n) is 18.2. The molecule has 31 heavy (non-hydrogen) atoms. The predicted molar refractivity (Wildman–Crippen MR) is 120 cm³/mol. The molecule has 0 saturated heterocycles. The van der Waals surface area contributed by atoms with Crippen LogP contribution in [0.25, 0.3) is 11.4 Å². The molecule has 2 aromatic carbocycles. The van der Waals surface area contributed by atoms with Gasteiger partial charge in [-0.25, -0.2) is 4.98 Å². The minimum absolute atomic E-state index is 0.0956. The molecule has 1 heterocycles. The van der Waals surface area contributed by atoms with E-state index in [-0.39, 0.29) is 6.10 Å². The summed E-state index contributed by atoms with van der Waals surface area (Å²) in [6, 6.07) is 15.2. The van der Waals surface area contributed by atoms with E-state index in [1.807, 2.05) is 55.5 Å². The van der Waals surface area contributed by atoms with E-state index in [9.17, 15) is 0 Å². The van der Waals surface area contributed by atoms with Gasteiger partial charge in [0.25, 0.3) is 0 Å². The Balaban J connectivity index is 1.48. The van der Waals surface area contributed by atoms with Gasteiger partial charge in [0, 0.05) is 12.6 Å². The Hall–Kier alpha value is -3.75. The molecule has 0 amide bonds. The van der Waals surface area contributed by atoms with Crippen molar-refractivity contribution < 1.29 is 14.2 Å². The van der Waals surface area contributed by atoms with E-state index in [4.69, 9.17) is 14.2 Å². The minimum atomic E-state index is -0.0956. The first kappa shape index (κ1) is 21.9. The number of H-pyrrole nitrogens is 1. The predicted octanol–water partition coefficient (Wildman–Crippen LogP) is 2.62. The number of aromatic nitrogens is 3. The van der Waals surface area contributed by atoms with Crippen molar-refractivity contribution in [1.29, 1.82) is 0 Å². The molecule has 3 rings (SSSR count). The van der Waals surface area contributed by atoms with Gasteiger partial charge in [0.2, 0.25) is 0 Å². The van der Waals surface area contributed by atoms with Gasteiger partial charge >= 0.3 is 0 Å². The van der Waals surface area contributed by atoms with Gasteiger partial charge in [0.05, 0.1) is 27.3 Å². The average molecular weight is 425 g/mol. The van der Waals surface area contributed by atoms with Gasteiger partial charge in [0.1, 0.15) is 17.7 Å². The van der Waals surface area contributed by atoms with Gasteiger partial charge in [0.15, 0.2) is 23.3 Å². The lowest BCUT2D eigenvalue weighted by Gasteiger charge is -2.18. The van der Waals surface area contributed by atoms with Gasteiger partial charge in [-0.15, -0.1) is 0 Å². The molecule has 0 aliphatic heterocycles. The van der Waals surface area contributed by atoms with Crippen LogP contribution >= 0.6 is 0 Å². The number of aromatic amines is 1. The second-order valence-electron chi connectivity index (χ2n) is 6.72. The largest absolute Gasteiger partial charge is 0.497 e. The Labute approximate surface area is 181 Å². The van der Waals surface area contributed by atoms with Gasteiger partial charge < -0.3 is 24.8 Å². The number of hydrogen-bond acceptors (Lipinski definition) is 6. The zero-order valence-corrected chi connectivity index (χ0v) is 18.2. The summed E-state index contributed by atoms with van der Waals surface area (Å²) >= 11 is 0. The minimum Gasteiger partial charge on any atom is -0.497 e. The van der Waals surface area contributed by atoms with Crippen LogP contribution in [0.3, 0.4) is 0 Å². The molecule has 1 atom stereocenters. The monoisotopic (exact) mass is 424 g/mol. The summed E-state index contributed by atoms with van der Waals surface area (Å²) in [6.45, 7) is 2.99. The van der Waals surface area contributed by atoms with Crippen LogP contribution in [0.2, 0.25) is 0 Å². The van der Waals surface area contributed by atoms with E-state index >= 15 is 0 Å². The number of aliphatic imine (C=N–C) groups is 1. The van der Waals surface area contributed by atoms with Gasteiger partial charge in [-0.3, -0.25) is 10.1 Å². The summed E-state index contributed by atoms with van der Waals surface area (Å²) in [5.41, 5.74) is 0.910. The third-order valence-corrected chi connectivity index (χ3v) is 4.48. The van der Waals surface area contributed by atoms with Crippen LogP contribution in [0, 0.1) is 0 Å². The lowest BCUT2D eigenvalue weighted by Crippen LogP contribution is -2.41. The van der Waals surface area contributed by atoms with E-state index in [1.54, 1.807) is 21.3 Å². The topological polar surface area (TPSA) is 106 Å². The fourth-order valence-electron chi connectivity index (χ4n) is 2.85. The Kier molecular flexibility index (Phi) is 7.69. The lowest BCUT2D eigenvalue weighted by molar-refractivity contribution is 0.213. The summed E-state index contributed by atoms with van der Waals surface area (Å²) in [7, 11) is 4.97. The molecule has 0 spiro atoms. The number of nitrogens with one attached hydrogen (secondary N) is 3. The van der Waals surface area contributed by atoms with E-state index in [0.717, 1.165) is 11.3 Å². The average Bonchev–Trinajstić information content (AvgIpc) is 3.28. The van der Waals surface area contributed by atoms with Crippen LogP contribution in [-0.2, 0) is 6.54 Å². The highest BCUT2D eigenvalue weighted by molar-refractivity contribution is 5.79. The SMILES string of the molecule is CN=C(NCc1nc(-c2ccc(OC)cc2)n[nH]1)NCC(C)Oc1ccccc1OC. The molecule has 9 nitrogen and oxygen atoms in total. The summed E-state index contributed by atoms with van der Waals surface area (Å²) in [5, 5.41) is 13.7. The number of rotatable bonds is 9. The molecular formula is C22H28N6O3. The second kappa shape index (κ2) is 10.9. The smallest absolute Gasteiger partial charge is 0.191 e. The quantitative estimate of drug-likeness (QED) is 0.358. The summed E-state index contributed by atoms with van der Waals surface area (Å²) < 4.78 is 16.5. The first-order valence-corrected chi connectivity index (χ1v) is 9.92. The number of benzene rings is 2. The number of para-hydroxylation sites is 2. The Morgan fingerprint density at radius 1 is 1.03 bits per heavy atom. The molecule has 1 aromatic heterocycles. The van der Waals surface area contributed by atoms with E-state index < -0.39 is 0 Å². The molecule has 0 bridgehead atoms. The molecule has 3 aromatic rings. The van der Waals surface area contributed by atoms with Crippen molar-refractivity contribution in [3.63, 3.8) is 0 Å². The fourth-order valence-corrected chi connectivity index (χ4v) is 2.85. The van der Waals surface area contributed by atoms with Crippen molar-refractivity contribution >= 4 is 5.96 Å². The van der Waals surface area contributed by atoms with Crippen molar-refractivity contribution in [2.75, 3.05) is 27.8 Å². The number of ether oxygens (including phenoxy) is 3. The van der Waals surface area contributed by atoms with Crippen LogP contribution in [0.15, 0.2) is 53.5 Å². The van der Waals surface area contributed by atoms with E-state index in [0.29, 0.717) is 42.2 Å². The summed E-state index contributed by atoms with van der Waals surface area (Å²) in [5.74, 6) is 4.16. The molecule has 0 radical (unpaired) electrons. The van der Waals surface area contributed by atoms with Crippen molar-refractivity contribution in [2.45, 2.75) is 19.6 Å². The van der Waals surface area contributed by atoms with E-state index in [1.165, 1.54) is 0 Å². The maximum Gasteiger partial charge on any atom is 0.191 e. The maximum atomic E-state index is 5.96. The highest BCUT2D eigenvalue weighted by Gasteiger charge is 2.10. The van der Waals surface area contributed by atoms with Crippen molar-refractivity contribution in [3.05, 3.63) is 54.4 Å². The van der Waals surface area contributed by atoms with Crippen LogP contribution < -0.4 is 24.8 Å². The fraction of sp³-hybridized carbons (Fsp3) is 0.318. The number of hydrogen-bond donors (Lipinski definition) is 3. The highest BCUT2D eigenvalue weighted by Crippen LogP contribution is 2.26. The van der Waals surface area contributed by atoms with Crippen molar-refractivity contribution in [1.82, 2.24) is 25.8 Å². The Bertz CT molecular complexity index is 987. The van der Waals surface area contributed by atoms with Gasteiger partial charge in [-0.05, 0) is 43.3 Å². The van der Waals surface area contributed by atoms with Crippen LogP contribution in [0.4, 0.5) is 0 Å². The maximum absolute atomic E-state index is 5.96. The Morgan fingerprint density at radius 3 is 2.45 bits per heavy atom. The first-order valence-electron chi connectivity index (χ1n) is 9.92. The number of methoxy groups -OCH3 is 2. The van der Waals surface area contributed by atoms with Crippen LogP contribution in [-0.4, -0.2) is 55.1 Å².